The van der Waals surface area contributed by atoms with Gasteiger partial charge in [0.1, 0.15) is 25.0 Å². The molecule has 4 aromatic carbocycles. The van der Waals surface area contributed by atoms with Gasteiger partial charge in [0.2, 0.25) is 5.91 Å². The molecule has 1 unspecified atom stereocenters. The molecule has 2 amide bonds. The molecule has 1 atom stereocenters. The average molecular weight is 565 g/mol. The maximum Gasteiger partial charge on any atom is 0.407 e. The molecule has 3 N–H and O–H groups in total. The van der Waals surface area contributed by atoms with E-state index in [1.807, 2.05) is 103 Å². The minimum absolute atomic E-state index is 0.0595. The molecular weight excluding hydrogens is 532 g/mol. The number of carbonyl (C=O) groups is 3. The van der Waals surface area contributed by atoms with Gasteiger partial charge in [0, 0.05) is 12.5 Å². The van der Waals surface area contributed by atoms with E-state index in [1.54, 1.807) is 0 Å². The Balaban J connectivity index is 1.13. The van der Waals surface area contributed by atoms with E-state index in [1.165, 1.54) is 0 Å². The van der Waals surface area contributed by atoms with E-state index in [0.717, 1.165) is 33.4 Å². The third kappa shape index (κ3) is 7.14. The van der Waals surface area contributed by atoms with Crippen LogP contribution in [-0.2, 0) is 27.4 Å². The summed E-state index contributed by atoms with van der Waals surface area (Å²) in [6.07, 6.45) is -0.917. The van der Waals surface area contributed by atoms with Crippen LogP contribution >= 0.6 is 0 Å². The molecule has 0 bridgehead atoms. The maximum atomic E-state index is 12.8. The van der Waals surface area contributed by atoms with E-state index < -0.39 is 30.4 Å². The van der Waals surface area contributed by atoms with Crippen LogP contribution in [0.4, 0.5) is 4.79 Å². The molecule has 0 aliphatic heterocycles. The van der Waals surface area contributed by atoms with Gasteiger partial charge in [0.15, 0.2) is 0 Å². The SMILES string of the molecule is O=C(O)CC(NC(=O)OCC1c2ccccc2-c2ccccc21)C(=O)NCCc1cccc(OCc2ccccc2)c1. The highest BCUT2D eigenvalue weighted by molar-refractivity contribution is 5.89. The fourth-order valence-corrected chi connectivity index (χ4v) is 5.15. The van der Waals surface area contributed by atoms with Crippen molar-refractivity contribution in [1.82, 2.24) is 10.6 Å². The van der Waals surface area contributed by atoms with E-state index in [2.05, 4.69) is 10.6 Å². The molecule has 0 radical (unpaired) electrons. The van der Waals surface area contributed by atoms with Gasteiger partial charge in [-0.2, -0.15) is 0 Å². The van der Waals surface area contributed by atoms with Crippen molar-refractivity contribution < 1.29 is 29.0 Å². The number of rotatable bonds is 12. The summed E-state index contributed by atoms with van der Waals surface area (Å²) in [5.41, 5.74) is 6.31. The molecule has 0 spiro atoms. The number of aliphatic carboxylic acids is 1. The molecular formula is C34H32N2O6. The minimum atomic E-state index is -1.28. The Labute approximate surface area is 244 Å². The second-order valence-electron chi connectivity index (χ2n) is 10.1. The maximum absolute atomic E-state index is 12.8. The number of carboxylic acid groups (broad SMARTS) is 1. The Bertz CT molecular complexity index is 1510. The average Bonchev–Trinajstić information content (AvgIpc) is 3.33. The van der Waals surface area contributed by atoms with Crippen LogP contribution in [-0.4, -0.2) is 42.3 Å². The highest BCUT2D eigenvalue weighted by Gasteiger charge is 2.30. The highest BCUT2D eigenvalue weighted by Crippen LogP contribution is 2.44. The van der Waals surface area contributed by atoms with Crippen LogP contribution in [0.3, 0.4) is 0 Å². The van der Waals surface area contributed by atoms with Crippen molar-refractivity contribution in [2.24, 2.45) is 0 Å². The Kier molecular flexibility index (Phi) is 9.13. The molecule has 8 heteroatoms. The minimum Gasteiger partial charge on any atom is -0.489 e. The van der Waals surface area contributed by atoms with Gasteiger partial charge in [-0.15, -0.1) is 0 Å². The predicted octanol–water partition coefficient (Wildman–Crippen LogP) is 5.31. The molecule has 0 saturated heterocycles. The van der Waals surface area contributed by atoms with Gasteiger partial charge in [-0.05, 0) is 51.9 Å². The summed E-state index contributed by atoms with van der Waals surface area (Å²) in [5, 5.41) is 14.5. The van der Waals surface area contributed by atoms with Crippen molar-refractivity contribution in [3.05, 3.63) is 125 Å². The molecule has 5 rings (SSSR count). The number of fused-ring (bicyclic) bond motifs is 3. The zero-order valence-electron chi connectivity index (χ0n) is 23.0. The third-order valence-corrected chi connectivity index (χ3v) is 7.19. The van der Waals surface area contributed by atoms with Crippen LogP contribution in [0.1, 0.15) is 34.6 Å². The molecule has 0 saturated carbocycles. The first kappa shape index (κ1) is 28.4. The first-order valence-corrected chi connectivity index (χ1v) is 13.8. The van der Waals surface area contributed by atoms with E-state index in [-0.39, 0.29) is 19.1 Å². The van der Waals surface area contributed by atoms with E-state index in [9.17, 15) is 19.5 Å². The lowest BCUT2D eigenvalue weighted by Crippen LogP contribution is -2.48. The number of hydrogen-bond donors (Lipinski definition) is 3. The Hall–Kier alpha value is -5.11. The van der Waals surface area contributed by atoms with Crippen molar-refractivity contribution in [1.29, 1.82) is 0 Å². The summed E-state index contributed by atoms with van der Waals surface area (Å²) in [4.78, 5) is 37.0. The van der Waals surface area contributed by atoms with Crippen molar-refractivity contribution in [2.45, 2.75) is 31.4 Å². The van der Waals surface area contributed by atoms with Gasteiger partial charge in [0.25, 0.3) is 0 Å². The summed E-state index contributed by atoms with van der Waals surface area (Å²) >= 11 is 0. The van der Waals surface area contributed by atoms with Crippen LogP contribution in [0.5, 0.6) is 5.75 Å². The number of amides is 2. The summed E-state index contributed by atoms with van der Waals surface area (Å²) < 4.78 is 11.4. The number of carboxylic acids is 1. The Morgan fingerprint density at radius 3 is 2.12 bits per heavy atom. The lowest BCUT2D eigenvalue weighted by Gasteiger charge is -2.19. The van der Waals surface area contributed by atoms with Crippen molar-refractivity contribution >= 4 is 18.0 Å². The zero-order valence-corrected chi connectivity index (χ0v) is 23.0. The molecule has 214 valence electrons. The molecule has 1 aliphatic rings. The van der Waals surface area contributed by atoms with Crippen LogP contribution in [0.2, 0.25) is 0 Å². The van der Waals surface area contributed by atoms with Crippen molar-refractivity contribution in [3.63, 3.8) is 0 Å². The summed E-state index contributed by atoms with van der Waals surface area (Å²) in [7, 11) is 0. The number of alkyl carbamates (subject to hydrolysis) is 1. The van der Waals surface area contributed by atoms with Crippen molar-refractivity contribution in [3.8, 4) is 16.9 Å². The Morgan fingerprint density at radius 2 is 1.43 bits per heavy atom. The number of nitrogens with one attached hydrogen (secondary N) is 2. The standard InChI is InChI=1S/C34H32N2O6/c37-32(38)20-31(33(39)35-18-17-23-11-8-12-25(19-23)41-21-24-9-2-1-3-10-24)36-34(40)42-22-30-28-15-6-4-13-26(28)27-14-5-7-16-29(27)30/h1-16,19,30-31H,17-18,20-22H2,(H,35,39)(H,36,40)(H,37,38). The second-order valence-corrected chi connectivity index (χ2v) is 10.1. The number of benzene rings is 4. The third-order valence-electron chi connectivity index (χ3n) is 7.19. The normalized spacial score (nSPS) is 12.5. The van der Waals surface area contributed by atoms with Gasteiger partial charge < -0.3 is 25.2 Å². The van der Waals surface area contributed by atoms with Gasteiger partial charge in [0.05, 0.1) is 6.42 Å². The number of hydrogen-bond acceptors (Lipinski definition) is 5. The zero-order chi connectivity index (χ0) is 29.3. The first-order valence-electron chi connectivity index (χ1n) is 13.8. The van der Waals surface area contributed by atoms with Crippen LogP contribution < -0.4 is 15.4 Å². The van der Waals surface area contributed by atoms with E-state index in [4.69, 9.17) is 9.47 Å². The lowest BCUT2D eigenvalue weighted by molar-refractivity contribution is -0.139. The largest absolute Gasteiger partial charge is 0.489 e. The molecule has 1 aliphatic carbocycles. The fourth-order valence-electron chi connectivity index (χ4n) is 5.15. The van der Waals surface area contributed by atoms with Gasteiger partial charge >= 0.3 is 12.1 Å². The van der Waals surface area contributed by atoms with Gasteiger partial charge in [-0.3, -0.25) is 9.59 Å². The molecule has 8 nitrogen and oxygen atoms in total. The number of carbonyl (C=O) groups excluding carboxylic acids is 2. The molecule has 0 aromatic heterocycles. The summed E-state index contributed by atoms with van der Waals surface area (Å²) in [6.45, 7) is 0.757. The molecule has 42 heavy (non-hydrogen) atoms. The van der Waals surface area contributed by atoms with E-state index in [0.29, 0.717) is 18.8 Å². The van der Waals surface area contributed by atoms with Crippen LogP contribution in [0.25, 0.3) is 11.1 Å². The van der Waals surface area contributed by atoms with Crippen molar-refractivity contribution in [2.75, 3.05) is 13.2 Å². The fraction of sp³-hybridized carbons (Fsp3) is 0.206. The van der Waals surface area contributed by atoms with Gasteiger partial charge in [-0.25, -0.2) is 4.79 Å². The Morgan fingerprint density at radius 1 is 0.786 bits per heavy atom. The lowest BCUT2D eigenvalue weighted by atomic mass is 9.98. The summed E-state index contributed by atoms with van der Waals surface area (Å²) in [6, 6.07) is 32.0. The van der Waals surface area contributed by atoms with Crippen LogP contribution in [0, 0.1) is 0 Å². The molecule has 0 fully saturated rings. The summed E-state index contributed by atoms with van der Waals surface area (Å²) in [5.74, 6) is -1.24. The predicted molar refractivity (Wildman–Crippen MR) is 158 cm³/mol. The first-order chi connectivity index (χ1) is 20.5. The highest BCUT2D eigenvalue weighted by atomic mass is 16.5. The van der Waals surface area contributed by atoms with E-state index >= 15 is 0 Å². The second kappa shape index (κ2) is 13.5. The van der Waals surface area contributed by atoms with Gasteiger partial charge in [-0.1, -0.05) is 91.0 Å². The quantitative estimate of drug-likeness (QED) is 0.215. The number of ether oxygens (including phenoxy) is 2. The van der Waals surface area contributed by atoms with Crippen LogP contribution in [0.15, 0.2) is 103 Å². The monoisotopic (exact) mass is 564 g/mol. The smallest absolute Gasteiger partial charge is 0.407 e. The topological polar surface area (TPSA) is 114 Å². The molecule has 0 heterocycles. The molecule has 4 aromatic rings.